The lowest BCUT2D eigenvalue weighted by atomic mass is 9.72. The van der Waals surface area contributed by atoms with Gasteiger partial charge in [-0.25, -0.2) is 0 Å². The Morgan fingerprint density at radius 1 is 1.06 bits per heavy atom. The average Bonchev–Trinajstić information content (AvgIpc) is 2.50. The molecule has 0 amide bonds. The maximum Gasteiger partial charge on any atom is 0.0510 e. The van der Waals surface area contributed by atoms with Crippen molar-refractivity contribution < 1.29 is 0 Å². The summed E-state index contributed by atoms with van der Waals surface area (Å²) in [5, 5.41) is 0. The van der Waals surface area contributed by atoms with Crippen molar-refractivity contribution in [2.45, 2.75) is 39.8 Å². The van der Waals surface area contributed by atoms with Crippen LogP contribution >= 0.6 is 0 Å². The van der Waals surface area contributed by atoms with E-state index in [0.29, 0.717) is 11.8 Å². The summed E-state index contributed by atoms with van der Waals surface area (Å²) in [5.74, 6) is 1.28. The molecule has 16 heavy (non-hydrogen) atoms. The molecule has 0 aliphatic carbocycles. The molecule has 1 aromatic rings. The molecule has 0 bridgehead atoms. The van der Waals surface area contributed by atoms with Crippen LogP contribution in [-0.4, -0.2) is 11.9 Å². The van der Waals surface area contributed by atoms with Gasteiger partial charge in [-0.3, -0.25) is 4.90 Å². The van der Waals surface area contributed by atoms with E-state index in [4.69, 9.17) is 0 Å². The average molecular weight is 217 g/mol. The maximum absolute atomic E-state index is 2.53. The van der Waals surface area contributed by atoms with Crippen molar-refractivity contribution in [3.63, 3.8) is 0 Å². The van der Waals surface area contributed by atoms with Crippen LogP contribution in [0.25, 0.3) is 0 Å². The van der Waals surface area contributed by atoms with E-state index in [1.54, 1.807) is 5.56 Å². The van der Waals surface area contributed by atoms with Gasteiger partial charge in [0.05, 0.1) is 5.54 Å². The number of nitrogens with zero attached hydrogens (tertiary/aromatic N) is 1. The van der Waals surface area contributed by atoms with Crippen molar-refractivity contribution in [1.29, 1.82) is 0 Å². The molecule has 88 valence electrons. The maximum atomic E-state index is 2.53. The van der Waals surface area contributed by atoms with E-state index in [1.165, 1.54) is 5.56 Å². The van der Waals surface area contributed by atoms with Crippen molar-refractivity contribution in [1.82, 2.24) is 4.90 Å². The highest BCUT2D eigenvalue weighted by atomic mass is 15.2. The topological polar surface area (TPSA) is 3.24 Å². The zero-order valence-corrected chi connectivity index (χ0v) is 11.1. The van der Waals surface area contributed by atoms with Gasteiger partial charge in [-0.05, 0) is 30.0 Å². The summed E-state index contributed by atoms with van der Waals surface area (Å²) in [6.07, 6.45) is 0. The van der Waals surface area contributed by atoms with Gasteiger partial charge in [0.1, 0.15) is 0 Å². The van der Waals surface area contributed by atoms with Gasteiger partial charge >= 0.3 is 0 Å². The van der Waals surface area contributed by atoms with Gasteiger partial charge in [0, 0.05) is 6.54 Å². The van der Waals surface area contributed by atoms with E-state index < -0.39 is 0 Å². The Kier molecular flexibility index (Phi) is 2.83. The van der Waals surface area contributed by atoms with Gasteiger partial charge in [0.2, 0.25) is 0 Å². The second-order valence-corrected chi connectivity index (χ2v) is 5.65. The highest BCUT2D eigenvalue weighted by Gasteiger charge is 2.47. The van der Waals surface area contributed by atoms with Gasteiger partial charge in [0.25, 0.3) is 0 Å². The summed E-state index contributed by atoms with van der Waals surface area (Å²) >= 11 is 0. The summed E-state index contributed by atoms with van der Waals surface area (Å²) < 4.78 is 0. The van der Waals surface area contributed by atoms with Crippen molar-refractivity contribution >= 4 is 0 Å². The van der Waals surface area contributed by atoms with E-state index in [2.05, 4.69) is 63.9 Å². The first-order chi connectivity index (χ1) is 7.51. The molecule has 1 aliphatic rings. The number of benzene rings is 1. The third kappa shape index (κ3) is 1.34. The molecular weight excluding hydrogens is 194 g/mol. The molecule has 1 heteroatoms. The van der Waals surface area contributed by atoms with Crippen LogP contribution in [0.4, 0.5) is 0 Å². The molecule has 0 spiro atoms. The molecule has 1 heterocycles. The predicted molar refractivity (Wildman–Crippen MR) is 69.3 cm³/mol. The summed E-state index contributed by atoms with van der Waals surface area (Å²) in [4.78, 5) is 2.53. The van der Waals surface area contributed by atoms with Gasteiger partial charge in [-0.15, -0.1) is 0 Å². The number of hydrogen-bond acceptors (Lipinski definition) is 1. The van der Waals surface area contributed by atoms with Crippen molar-refractivity contribution in [2.75, 3.05) is 7.05 Å². The molecule has 0 saturated heterocycles. The third-order valence-electron chi connectivity index (χ3n) is 4.25. The van der Waals surface area contributed by atoms with Crippen LogP contribution in [0.1, 0.15) is 38.8 Å². The summed E-state index contributed by atoms with van der Waals surface area (Å²) in [5.41, 5.74) is 3.27. The quantitative estimate of drug-likeness (QED) is 0.731. The number of fused-ring (bicyclic) bond motifs is 1. The van der Waals surface area contributed by atoms with Gasteiger partial charge in [0.15, 0.2) is 0 Å². The second kappa shape index (κ2) is 3.89. The molecule has 1 aliphatic heterocycles. The van der Waals surface area contributed by atoms with E-state index in [9.17, 15) is 0 Å². The van der Waals surface area contributed by atoms with E-state index >= 15 is 0 Å². The lowest BCUT2D eigenvalue weighted by molar-refractivity contribution is 0.0345. The van der Waals surface area contributed by atoms with Crippen LogP contribution in [0, 0.1) is 11.8 Å². The standard InChI is InChI=1S/C15H23N/c1-11(2)15(12(3)4)14-9-7-6-8-13(14)10-16(15)5/h6-9,11-12H,10H2,1-5H3. The van der Waals surface area contributed by atoms with Crippen molar-refractivity contribution in [2.24, 2.45) is 11.8 Å². The van der Waals surface area contributed by atoms with Crippen LogP contribution in [0.3, 0.4) is 0 Å². The van der Waals surface area contributed by atoms with Crippen LogP contribution < -0.4 is 0 Å². The van der Waals surface area contributed by atoms with Gasteiger partial charge in [-0.1, -0.05) is 52.0 Å². The Bertz CT molecular complexity index is 371. The monoisotopic (exact) mass is 217 g/mol. The Morgan fingerprint density at radius 3 is 2.19 bits per heavy atom. The fraction of sp³-hybridized carbons (Fsp3) is 0.600. The minimum atomic E-state index is 0.219. The molecule has 0 N–H and O–H groups in total. The van der Waals surface area contributed by atoms with Crippen LogP contribution in [-0.2, 0) is 12.1 Å². The van der Waals surface area contributed by atoms with E-state index in [-0.39, 0.29) is 5.54 Å². The number of rotatable bonds is 2. The molecule has 0 aromatic heterocycles. The van der Waals surface area contributed by atoms with Gasteiger partial charge in [-0.2, -0.15) is 0 Å². The Balaban J connectivity index is 2.62. The third-order valence-corrected chi connectivity index (χ3v) is 4.25. The summed E-state index contributed by atoms with van der Waals surface area (Å²) in [6, 6.07) is 8.93. The minimum absolute atomic E-state index is 0.219. The first-order valence-corrected chi connectivity index (χ1v) is 6.30. The molecule has 1 nitrogen and oxygen atoms in total. The van der Waals surface area contributed by atoms with Crippen LogP contribution in [0.15, 0.2) is 24.3 Å². The molecule has 0 fully saturated rings. The number of hydrogen-bond donors (Lipinski definition) is 0. The Morgan fingerprint density at radius 2 is 1.62 bits per heavy atom. The lowest BCUT2D eigenvalue weighted by Crippen LogP contribution is -2.47. The summed E-state index contributed by atoms with van der Waals surface area (Å²) in [6.45, 7) is 10.5. The minimum Gasteiger partial charge on any atom is -0.292 e. The van der Waals surface area contributed by atoms with E-state index in [0.717, 1.165) is 6.54 Å². The molecule has 0 radical (unpaired) electrons. The molecule has 1 aromatic carbocycles. The fourth-order valence-electron chi connectivity index (χ4n) is 3.81. The van der Waals surface area contributed by atoms with Crippen LogP contribution in [0.2, 0.25) is 0 Å². The molecule has 0 atom stereocenters. The van der Waals surface area contributed by atoms with Crippen molar-refractivity contribution in [3.8, 4) is 0 Å². The highest BCUT2D eigenvalue weighted by molar-refractivity contribution is 5.39. The largest absolute Gasteiger partial charge is 0.292 e. The first-order valence-electron chi connectivity index (χ1n) is 6.30. The summed E-state index contributed by atoms with van der Waals surface area (Å²) in [7, 11) is 2.26. The Hall–Kier alpha value is -0.820. The SMILES string of the molecule is CC(C)C1(C(C)C)c2ccccc2CN1C. The molecular formula is C15H23N. The lowest BCUT2D eigenvalue weighted by Gasteiger charge is -2.44. The molecule has 2 rings (SSSR count). The van der Waals surface area contributed by atoms with Crippen molar-refractivity contribution in [3.05, 3.63) is 35.4 Å². The Labute approximate surface area is 99.5 Å². The molecule has 0 unspecified atom stereocenters. The van der Waals surface area contributed by atoms with Gasteiger partial charge < -0.3 is 0 Å². The smallest absolute Gasteiger partial charge is 0.0510 e. The molecule has 0 saturated carbocycles. The second-order valence-electron chi connectivity index (χ2n) is 5.65. The fourth-order valence-corrected chi connectivity index (χ4v) is 3.81. The first kappa shape index (κ1) is 11.7. The van der Waals surface area contributed by atoms with Crippen LogP contribution in [0.5, 0.6) is 0 Å². The zero-order valence-electron chi connectivity index (χ0n) is 11.1. The van der Waals surface area contributed by atoms with E-state index in [1.807, 2.05) is 0 Å². The normalized spacial score (nSPS) is 19.4. The highest BCUT2D eigenvalue weighted by Crippen LogP contribution is 2.48. The zero-order chi connectivity index (χ0) is 11.9. The predicted octanol–water partition coefficient (Wildman–Crippen LogP) is 3.64.